The van der Waals surface area contributed by atoms with Gasteiger partial charge in [-0.05, 0) is 43.0 Å². The first-order chi connectivity index (χ1) is 29.7. The number of rotatable bonds is 23. The number of nitrogens with one attached hydrogen (secondary N) is 2. The number of hydrogen-bond acceptors (Lipinski definition) is 21. The number of aliphatic hydroxyl groups is 2. The summed E-state index contributed by atoms with van der Waals surface area (Å²) in [6.45, 7) is -1.82. The van der Waals surface area contributed by atoms with Crippen LogP contribution in [0.3, 0.4) is 0 Å². The van der Waals surface area contributed by atoms with Gasteiger partial charge in [0.1, 0.15) is 55.9 Å². The van der Waals surface area contributed by atoms with Crippen LogP contribution >= 0.6 is 23.5 Å². The minimum Gasteiger partial charge on any atom is -0.460 e. The van der Waals surface area contributed by atoms with E-state index in [1.54, 1.807) is 48.5 Å². The van der Waals surface area contributed by atoms with Crippen molar-refractivity contribution >= 4 is 75.9 Å². The SMILES string of the molecule is CC(CO)(COC(=O)OCC(C)(COOC(=O)OCC(C)(CO)C(=O)OCc1ccc(CSC(=N)N)cc1)C(=O)ON1C(=O)CCC1=O)C(=O)OCc1ccc(CSC(=N)N)cc1. The molecule has 3 unspecified atom stereocenters. The quantitative estimate of drug-likeness (QED) is 0.0177. The van der Waals surface area contributed by atoms with Crippen LogP contribution in [-0.4, -0.2) is 107 Å². The van der Waals surface area contributed by atoms with E-state index in [0.29, 0.717) is 22.6 Å². The molecule has 63 heavy (non-hydrogen) atoms. The maximum absolute atomic E-state index is 13.3. The first kappa shape index (κ1) is 51.4. The van der Waals surface area contributed by atoms with Crippen molar-refractivity contribution in [3.8, 4) is 0 Å². The number of hydrogen-bond donors (Lipinski definition) is 6. The fourth-order valence-corrected chi connectivity index (χ4v) is 5.74. The van der Waals surface area contributed by atoms with Crippen LogP contribution in [0.15, 0.2) is 48.5 Å². The van der Waals surface area contributed by atoms with Gasteiger partial charge in [0.2, 0.25) is 0 Å². The van der Waals surface area contributed by atoms with Crippen LogP contribution < -0.4 is 11.5 Å². The summed E-state index contributed by atoms with van der Waals surface area (Å²) in [5, 5.41) is 34.7. The number of aliphatic hydroxyl groups excluding tert-OH is 2. The molecule has 0 aliphatic carbocycles. The van der Waals surface area contributed by atoms with Crippen LogP contribution in [-0.2, 0) is 87.0 Å². The van der Waals surface area contributed by atoms with Crippen molar-refractivity contribution in [1.82, 2.24) is 5.06 Å². The molecule has 0 saturated carbocycles. The number of amidine groups is 2. The predicted molar refractivity (Wildman–Crippen MR) is 220 cm³/mol. The zero-order chi connectivity index (χ0) is 46.8. The van der Waals surface area contributed by atoms with Crippen molar-refractivity contribution in [2.24, 2.45) is 27.7 Å². The predicted octanol–water partition coefficient (Wildman–Crippen LogP) is 2.58. The number of amides is 2. The number of nitrogens with two attached hydrogens (primary N) is 2. The molecule has 2 amide bonds. The van der Waals surface area contributed by atoms with Crippen LogP contribution in [0.1, 0.15) is 55.9 Å². The number of thioether (sulfide) groups is 2. The maximum atomic E-state index is 13.3. The summed E-state index contributed by atoms with van der Waals surface area (Å²) in [6, 6.07) is 13.8. The highest BCUT2D eigenvalue weighted by molar-refractivity contribution is 8.13. The van der Waals surface area contributed by atoms with Crippen molar-refractivity contribution in [1.29, 1.82) is 10.8 Å². The average Bonchev–Trinajstić information content (AvgIpc) is 3.58. The Morgan fingerprint density at radius 1 is 0.603 bits per heavy atom. The number of carbonyl (C=O) groups is 7. The van der Waals surface area contributed by atoms with Crippen LogP contribution in [0.2, 0.25) is 0 Å². The number of imide groups is 1. The lowest BCUT2D eigenvalue weighted by molar-refractivity contribution is -0.277. The number of carbonyl (C=O) groups excluding carboxylic acids is 7. The number of esters is 2. The molecule has 0 aromatic heterocycles. The fourth-order valence-electron chi connectivity index (χ4n) is 4.71. The lowest BCUT2D eigenvalue weighted by atomic mass is 9.93. The number of nitrogens with zero attached hydrogens (tertiary/aromatic N) is 1. The van der Waals surface area contributed by atoms with Crippen LogP contribution in [0.5, 0.6) is 0 Å². The third kappa shape index (κ3) is 16.4. The summed E-state index contributed by atoms with van der Waals surface area (Å²) in [5.74, 6) is -3.95. The van der Waals surface area contributed by atoms with Crippen LogP contribution in [0, 0.1) is 27.1 Å². The molecule has 1 saturated heterocycles. The average molecular weight is 924 g/mol. The molecular formula is C39H49N5O17S2. The smallest absolute Gasteiger partial charge is 0.460 e. The normalized spacial score (nSPS) is 15.2. The molecule has 3 rings (SSSR count). The standard InChI is InChI=1S/C39H49N5O17S2/c1-37(18-45,30(49)54-14-24-4-8-26(9-5-24)16-62-33(40)41)20-56-35(52)57-22-39(3,32(51)60-44-28(47)12-13-29(44)48)23-59-61-36(53)58-21-38(2,19-46)31(50)55-15-25-6-10-27(11-7-25)17-63-34(42)43/h4-11,45-46H,12-23H2,1-3H3,(H3,40,41)(H3,42,43). The highest BCUT2D eigenvalue weighted by atomic mass is 32.2. The first-order valence-electron chi connectivity index (χ1n) is 18.7. The Bertz CT molecular complexity index is 1970. The van der Waals surface area contributed by atoms with Crippen molar-refractivity contribution in [3.05, 3.63) is 70.8 Å². The van der Waals surface area contributed by atoms with Gasteiger partial charge in [-0.3, -0.25) is 34.9 Å². The van der Waals surface area contributed by atoms with E-state index in [1.807, 2.05) is 0 Å². The van der Waals surface area contributed by atoms with Crippen LogP contribution in [0.25, 0.3) is 0 Å². The highest BCUT2D eigenvalue weighted by Gasteiger charge is 2.44. The topological polar surface area (TPSA) is 337 Å². The molecule has 24 heteroatoms. The van der Waals surface area contributed by atoms with Gasteiger partial charge in [0.25, 0.3) is 11.8 Å². The third-order valence-electron chi connectivity index (χ3n) is 8.96. The Morgan fingerprint density at radius 2 is 0.984 bits per heavy atom. The monoisotopic (exact) mass is 923 g/mol. The molecule has 3 atom stereocenters. The summed E-state index contributed by atoms with van der Waals surface area (Å²) in [5.41, 5.74) is 8.02. The molecule has 1 fully saturated rings. The van der Waals surface area contributed by atoms with Gasteiger partial charge in [-0.15, -0.1) is 5.06 Å². The lowest BCUT2D eigenvalue weighted by Gasteiger charge is -2.27. The zero-order valence-corrected chi connectivity index (χ0v) is 36.2. The van der Waals surface area contributed by atoms with Crippen LogP contribution in [0.4, 0.5) is 9.59 Å². The molecule has 0 spiro atoms. The second kappa shape index (κ2) is 24.0. The summed E-state index contributed by atoms with van der Waals surface area (Å²) in [6.07, 6.45) is -3.48. The molecule has 1 heterocycles. The van der Waals surface area contributed by atoms with Crippen molar-refractivity contribution in [3.63, 3.8) is 0 Å². The lowest BCUT2D eigenvalue weighted by Crippen LogP contribution is -2.45. The summed E-state index contributed by atoms with van der Waals surface area (Å²) in [4.78, 5) is 103. The summed E-state index contributed by atoms with van der Waals surface area (Å²) < 4.78 is 25.6. The van der Waals surface area contributed by atoms with Gasteiger partial charge in [-0.2, -0.15) is 4.89 Å². The van der Waals surface area contributed by atoms with Gasteiger partial charge >= 0.3 is 30.2 Å². The van der Waals surface area contributed by atoms with E-state index < -0.39 is 97.9 Å². The Labute approximate surface area is 369 Å². The van der Waals surface area contributed by atoms with Gasteiger partial charge in [-0.25, -0.2) is 14.4 Å². The minimum atomic E-state index is -2.13. The van der Waals surface area contributed by atoms with E-state index in [-0.39, 0.29) is 41.5 Å². The van der Waals surface area contributed by atoms with Gasteiger partial charge in [0.05, 0.1) is 13.2 Å². The molecule has 0 radical (unpaired) electrons. The summed E-state index contributed by atoms with van der Waals surface area (Å²) in [7, 11) is 0. The molecular weight excluding hydrogens is 875 g/mol. The van der Waals surface area contributed by atoms with E-state index in [2.05, 4.69) is 4.89 Å². The Morgan fingerprint density at radius 3 is 1.38 bits per heavy atom. The number of benzene rings is 2. The largest absolute Gasteiger partial charge is 0.540 e. The maximum Gasteiger partial charge on any atom is 0.540 e. The Kier molecular flexibility index (Phi) is 19.6. The highest BCUT2D eigenvalue weighted by Crippen LogP contribution is 2.26. The van der Waals surface area contributed by atoms with Gasteiger partial charge in [-0.1, -0.05) is 72.1 Å². The van der Waals surface area contributed by atoms with E-state index >= 15 is 0 Å². The van der Waals surface area contributed by atoms with Crippen molar-refractivity contribution in [2.45, 2.75) is 58.3 Å². The fraction of sp³-hybridized carbons (Fsp3) is 0.462. The molecule has 2 aromatic carbocycles. The first-order valence-corrected chi connectivity index (χ1v) is 20.7. The minimum absolute atomic E-state index is 0.0329. The molecule has 22 nitrogen and oxygen atoms in total. The van der Waals surface area contributed by atoms with E-state index in [9.17, 15) is 43.8 Å². The molecule has 0 bridgehead atoms. The van der Waals surface area contributed by atoms with Crippen molar-refractivity contribution < 1.29 is 82.1 Å². The Balaban J connectivity index is 1.55. The Hall–Kier alpha value is -5.95. The number of ether oxygens (including phenoxy) is 5. The molecule has 1 aliphatic heterocycles. The molecule has 344 valence electrons. The molecule has 1 aliphatic rings. The van der Waals surface area contributed by atoms with Gasteiger partial charge < -0.3 is 50.2 Å². The zero-order valence-electron chi connectivity index (χ0n) is 34.5. The van der Waals surface area contributed by atoms with Crippen molar-refractivity contribution in [2.75, 3.05) is 39.6 Å². The van der Waals surface area contributed by atoms with E-state index in [1.165, 1.54) is 13.8 Å². The van der Waals surface area contributed by atoms with Gasteiger partial charge in [0.15, 0.2) is 10.3 Å². The number of hydroxylamine groups is 2. The second-order valence-corrected chi connectivity index (χ2v) is 16.8. The second-order valence-electron chi connectivity index (χ2n) is 14.8. The van der Waals surface area contributed by atoms with E-state index in [0.717, 1.165) is 41.6 Å². The molecule has 8 N–H and O–H groups in total. The third-order valence-corrected chi connectivity index (χ3v) is 10.5. The summed E-state index contributed by atoms with van der Waals surface area (Å²) >= 11 is 2.28. The van der Waals surface area contributed by atoms with E-state index in [4.69, 9.17) is 55.7 Å². The molecule has 2 aromatic rings. The van der Waals surface area contributed by atoms with Gasteiger partial charge in [0, 0.05) is 24.3 Å².